The fourth-order valence-electron chi connectivity index (χ4n) is 2.51. The number of piperidine rings is 1. The van der Waals surface area contributed by atoms with Crippen LogP contribution in [-0.4, -0.2) is 48.9 Å². The Labute approximate surface area is 143 Å². The number of rotatable bonds is 5. The number of hydrogen-bond acceptors (Lipinski definition) is 4. The van der Waals surface area contributed by atoms with E-state index in [2.05, 4.69) is 5.32 Å². The van der Waals surface area contributed by atoms with Crippen LogP contribution in [0.15, 0.2) is 17.2 Å². The van der Waals surface area contributed by atoms with Crippen LogP contribution < -0.4 is 11.1 Å². The molecule has 1 saturated heterocycles. The molecule has 132 valence electrons. The van der Waals surface area contributed by atoms with Crippen LogP contribution in [0.3, 0.4) is 0 Å². The SMILES string of the molecule is C[C@@H](CN)NC(=O)c1cc(S(=O)(=O)N2CCCCC2)cn1C.Cl. The minimum atomic E-state index is -3.52. The van der Waals surface area contributed by atoms with E-state index in [0.29, 0.717) is 25.3 Å². The zero-order valence-electron chi connectivity index (χ0n) is 13.5. The molecule has 0 bridgehead atoms. The van der Waals surface area contributed by atoms with Gasteiger partial charge in [-0.3, -0.25) is 4.79 Å². The van der Waals surface area contributed by atoms with Gasteiger partial charge in [0.25, 0.3) is 5.91 Å². The van der Waals surface area contributed by atoms with Gasteiger partial charge in [-0.05, 0) is 25.8 Å². The van der Waals surface area contributed by atoms with E-state index in [-0.39, 0.29) is 29.3 Å². The van der Waals surface area contributed by atoms with Crippen molar-refractivity contribution in [3.8, 4) is 0 Å². The largest absolute Gasteiger partial charge is 0.347 e. The molecule has 2 heterocycles. The Morgan fingerprint density at radius 2 is 1.96 bits per heavy atom. The standard InChI is InChI=1S/C14H24N4O3S.ClH/c1-11(9-15)16-14(19)13-8-12(10-17(13)2)22(20,21)18-6-4-3-5-7-18;/h8,10-11H,3-7,9,15H2,1-2H3,(H,16,19);1H/t11-;/m0./s1. The maximum Gasteiger partial charge on any atom is 0.268 e. The molecule has 0 saturated carbocycles. The monoisotopic (exact) mass is 364 g/mol. The van der Waals surface area contributed by atoms with E-state index < -0.39 is 10.0 Å². The van der Waals surface area contributed by atoms with Crippen molar-refractivity contribution in [2.45, 2.75) is 37.1 Å². The van der Waals surface area contributed by atoms with Crippen molar-refractivity contribution in [2.24, 2.45) is 12.8 Å². The van der Waals surface area contributed by atoms with E-state index in [1.54, 1.807) is 14.0 Å². The van der Waals surface area contributed by atoms with Crippen molar-refractivity contribution in [1.82, 2.24) is 14.2 Å². The lowest BCUT2D eigenvalue weighted by Crippen LogP contribution is -2.38. The van der Waals surface area contributed by atoms with Crippen LogP contribution in [0.5, 0.6) is 0 Å². The van der Waals surface area contributed by atoms with E-state index >= 15 is 0 Å². The molecule has 2 rings (SSSR count). The Morgan fingerprint density at radius 1 is 1.35 bits per heavy atom. The number of sulfonamides is 1. The first-order valence-electron chi connectivity index (χ1n) is 7.53. The Kier molecular flexibility index (Phi) is 7.06. The summed E-state index contributed by atoms with van der Waals surface area (Å²) in [6.07, 6.45) is 4.32. The van der Waals surface area contributed by atoms with Crippen LogP contribution in [0.2, 0.25) is 0 Å². The molecule has 1 aliphatic heterocycles. The third kappa shape index (κ3) is 4.47. The number of aryl methyl sites for hydroxylation is 1. The molecule has 1 fully saturated rings. The zero-order valence-corrected chi connectivity index (χ0v) is 15.1. The molecular formula is C14H25ClN4O3S. The fraction of sp³-hybridized carbons (Fsp3) is 0.643. The van der Waals surface area contributed by atoms with Gasteiger partial charge in [0.2, 0.25) is 10.0 Å². The number of hydrogen-bond donors (Lipinski definition) is 2. The molecule has 1 atom stereocenters. The highest BCUT2D eigenvalue weighted by molar-refractivity contribution is 7.89. The van der Waals surface area contributed by atoms with Gasteiger partial charge < -0.3 is 15.6 Å². The van der Waals surface area contributed by atoms with Gasteiger partial charge in [-0.1, -0.05) is 6.42 Å². The first-order chi connectivity index (χ1) is 10.4. The number of amides is 1. The Balaban J connectivity index is 0.00000264. The van der Waals surface area contributed by atoms with Crippen molar-refractivity contribution < 1.29 is 13.2 Å². The third-order valence-corrected chi connectivity index (χ3v) is 5.76. The molecule has 1 aromatic rings. The van der Waals surface area contributed by atoms with E-state index in [1.165, 1.54) is 21.1 Å². The summed E-state index contributed by atoms with van der Waals surface area (Å²) in [6, 6.07) is 1.27. The van der Waals surface area contributed by atoms with Crippen LogP contribution in [0.1, 0.15) is 36.7 Å². The molecule has 1 aliphatic rings. The molecule has 0 radical (unpaired) electrons. The Bertz CT molecular complexity index is 638. The third-order valence-electron chi connectivity index (χ3n) is 3.90. The van der Waals surface area contributed by atoms with E-state index in [0.717, 1.165) is 19.3 Å². The van der Waals surface area contributed by atoms with Gasteiger partial charge in [-0.2, -0.15) is 4.31 Å². The summed E-state index contributed by atoms with van der Waals surface area (Å²) < 4.78 is 28.3. The van der Waals surface area contributed by atoms with Gasteiger partial charge in [0.1, 0.15) is 10.6 Å². The lowest BCUT2D eigenvalue weighted by molar-refractivity contribution is 0.0933. The number of aromatic nitrogens is 1. The predicted molar refractivity (Wildman–Crippen MR) is 91.3 cm³/mol. The second-order valence-electron chi connectivity index (χ2n) is 5.75. The van der Waals surface area contributed by atoms with Crippen LogP contribution in [-0.2, 0) is 17.1 Å². The lowest BCUT2D eigenvalue weighted by atomic mass is 10.2. The van der Waals surface area contributed by atoms with Crippen molar-refractivity contribution >= 4 is 28.3 Å². The maximum atomic E-state index is 12.6. The smallest absolute Gasteiger partial charge is 0.268 e. The summed E-state index contributed by atoms with van der Waals surface area (Å²) in [6.45, 7) is 3.22. The topological polar surface area (TPSA) is 97.4 Å². The molecule has 1 aromatic heterocycles. The molecular weight excluding hydrogens is 340 g/mol. The first kappa shape index (κ1) is 20.0. The highest BCUT2D eigenvalue weighted by Gasteiger charge is 2.28. The van der Waals surface area contributed by atoms with Crippen LogP contribution >= 0.6 is 12.4 Å². The molecule has 0 aliphatic carbocycles. The normalized spacial score (nSPS) is 17.3. The van der Waals surface area contributed by atoms with Gasteiger partial charge >= 0.3 is 0 Å². The minimum absolute atomic E-state index is 0. The number of carbonyl (C=O) groups is 1. The molecule has 9 heteroatoms. The van der Waals surface area contributed by atoms with Gasteiger partial charge in [0, 0.05) is 38.9 Å². The Hall–Kier alpha value is -1.09. The van der Waals surface area contributed by atoms with Gasteiger partial charge in [-0.25, -0.2) is 8.42 Å². The van der Waals surface area contributed by atoms with E-state index in [1.807, 2.05) is 0 Å². The number of nitrogens with two attached hydrogens (primary N) is 1. The van der Waals surface area contributed by atoms with E-state index in [9.17, 15) is 13.2 Å². The fourth-order valence-corrected chi connectivity index (χ4v) is 4.10. The van der Waals surface area contributed by atoms with Crippen LogP contribution in [0.4, 0.5) is 0 Å². The van der Waals surface area contributed by atoms with Gasteiger partial charge in [0.15, 0.2) is 0 Å². The summed E-state index contributed by atoms with van der Waals surface area (Å²) in [4.78, 5) is 12.3. The number of carbonyl (C=O) groups excluding carboxylic acids is 1. The Morgan fingerprint density at radius 3 is 2.52 bits per heavy atom. The summed E-state index contributed by atoms with van der Waals surface area (Å²) in [5.41, 5.74) is 5.80. The van der Waals surface area contributed by atoms with Crippen molar-refractivity contribution in [3.05, 3.63) is 18.0 Å². The minimum Gasteiger partial charge on any atom is -0.347 e. The molecule has 3 N–H and O–H groups in total. The zero-order chi connectivity index (χ0) is 16.3. The summed E-state index contributed by atoms with van der Waals surface area (Å²) >= 11 is 0. The quantitative estimate of drug-likeness (QED) is 0.803. The molecule has 1 amide bonds. The van der Waals surface area contributed by atoms with Crippen molar-refractivity contribution in [2.75, 3.05) is 19.6 Å². The van der Waals surface area contributed by atoms with Gasteiger partial charge in [0.05, 0.1) is 0 Å². The average molecular weight is 365 g/mol. The molecule has 7 nitrogen and oxygen atoms in total. The number of nitrogens with zero attached hydrogens (tertiary/aromatic N) is 2. The van der Waals surface area contributed by atoms with Crippen LogP contribution in [0.25, 0.3) is 0 Å². The highest BCUT2D eigenvalue weighted by atomic mass is 35.5. The van der Waals surface area contributed by atoms with Crippen LogP contribution in [0, 0.1) is 0 Å². The van der Waals surface area contributed by atoms with Gasteiger partial charge in [-0.15, -0.1) is 12.4 Å². The second-order valence-corrected chi connectivity index (χ2v) is 7.68. The molecule has 0 spiro atoms. The number of nitrogens with one attached hydrogen (secondary N) is 1. The summed E-state index contributed by atoms with van der Waals surface area (Å²) in [7, 11) is -1.86. The summed E-state index contributed by atoms with van der Waals surface area (Å²) in [5, 5.41) is 2.74. The van der Waals surface area contributed by atoms with Crippen molar-refractivity contribution in [1.29, 1.82) is 0 Å². The molecule has 23 heavy (non-hydrogen) atoms. The maximum absolute atomic E-state index is 12.6. The van der Waals surface area contributed by atoms with E-state index in [4.69, 9.17) is 5.73 Å². The highest BCUT2D eigenvalue weighted by Crippen LogP contribution is 2.22. The average Bonchev–Trinajstić information content (AvgIpc) is 2.90. The predicted octanol–water partition coefficient (Wildman–Crippen LogP) is 0.698. The lowest BCUT2D eigenvalue weighted by Gasteiger charge is -2.25. The summed E-state index contributed by atoms with van der Waals surface area (Å²) in [5.74, 6) is -0.319. The number of halogens is 1. The first-order valence-corrected chi connectivity index (χ1v) is 8.97. The second kappa shape index (κ2) is 8.14. The molecule has 0 unspecified atom stereocenters. The van der Waals surface area contributed by atoms with Crippen molar-refractivity contribution in [3.63, 3.8) is 0 Å². The molecule has 0 aromatic carbocycles.